The van der Waals surface area contributed by atoms with E-state index in [1.165, 1.54) is 57.8 Å². The van der Waals surface area contributed by atoms with Crippen molar-refractivity contribution >= 4 is 5.97 Å². The van der Waals surface area contributed by atoms with Crippen molar-refractivity contribution in [3.05, 3.63) is 24.3 Å². The fourth-order valence-electron chi connectivity index (χ4n) is 3.62. The van der Waals surface area contributed by atoms with Crippen molar-refractivity contribution in [2.24, 2.45) is 5.92 Å². The number of aliphatic hydroxyl groups is 1. The Labute approximate surface area is 167 Å². The Morgan fingerprint density at radius 3 is 2.19 bits per heavy atom. The molecule has 0 saturated carbocycles. The Balaban J connectivity index is 1.86. The largest absolute Gasteiger partial charge is 0.461 e. The first-order valence-electron chi connectivity index (χ1n) is 11.4. The molecule has 3 atom stereocenters. The summed E-state index contributed by atoms with van der Waals surface area (Å²) >= 11 is 0. The van der Waals surface area contributed by atoms with Gasteiger partial charge in [-0.15, -0.1) is 0 Å². The Morgan fingerprint density at radius 1 is 0.926 bits per heavy atom. The third kappa shape index (κ3) is 11.4. The molecule has 3 heteroatoms. The monoisotopic (exact) mass is 378 g/mol. The molecule has 0 radical (unpaired) electrons. The van der Waals surface area contributed by atoms with Gasteiger partial charge in [0.2, 0.25) is 0 Å². The number of hydrogen-bond donors (Lipinski definition) is 1. The molecular weight excluding hydrogens is 336 g/mol. The van der Waals surface area contributed by atoms with Gasteiger partial charge in [0.05, 0.1) is 12.0 Å². The molecule has 0 aliphatic carbocycles. The van der Waals surface area contributed by atoms with Crippen LogP contribution >= 0.6 is 0 Å². The van der Waals surface area contributed by atoms with Gasteiger partial charge in [-0.3, -0.25) is 4.79 Å². The summed E-state index contributed by atoms with van der Waals surface area (Å²) in [6, 6.07) is 0. The van der Waals surface area contributed by atoms with Crippen molar-refractivity contribution < 1.29 is 14.6 Å². The van der Waals surface area contributed by atoms with Gasteiger partial charge in [0.1, 0.15) is 6.10 Å². The van der Waals surface area contributed by atoms with Gasteiger partial charge in [0.25, 0.3) is 0 Å². The molecule has 1 fully saturated rings. The van der Waals surface area contributed by atoms with Gasteiger partial charge in [-0.25, -0.2) is 0 Å². The highest BCUT2D eigenvalue weighted by atomic mass is 16.6. The van der Waals surface area contributed by atoms with Crippen LogP contribution in [0.1, 0.15) is 104 Å². The van der Waals surface area contributed by atoms with Crippen LogP contribution in [0.4, 0.5) is 0 Å². The molecule has 0 unspecified atom stereocenters. The number of aliphatic hydroxyl groups excluding tert-OH is 1. The molecule has 0 aromatic rings. The van der Waals surface area contributed by atoms with Crippen molar-refractivity contribution in [2.75, 3.05) is 0 Å². The first-order chi connectivity index (χ1) is 13.2. The molecule has 3 nitrogen and oxygen atoms in total. The highest BCUT2D eigenvalue weighted by Crippen LogP contribution is 2.29. The predicted octanol–water partition coefficient (Wildman–Crippen LogP) is 6.50. The minimum Gasteiger partial charge on any atom is -0.461 e. The Morgan fingerprint density at radius 2 is 1.56 bits per heavy atom. The maximum absolute atomic E-state index is 11.2. The summed E-state index contributed by atoms with van der Waals surface area (Å²) in [5.74, 6) is -0.0731. The minimum atomic E-state index is -0.324. The third-order valence-corrected chi connectivity index (χ3v) is 5.45. The fourth-order valence-corrected chi connectivity index (χ4v) is 3.62. The molecule has 1 aliphatic rings. The SMILES string of the molecule is CCCCC/C=C\C/C=C\CCCCCCC[C@H](O)C[C@@H]1OC(=O)[C@H]1CC. The lowest BCUT2D eigenvalue weighted by Gasteiger charge is -2.35. The standard InChI is InChI=1S/C24H42O3/c1-3-5-6-7-8-9-10-11-12-13-14-15-16-17-18-19-21(25)20-23-22(4-2)24(26)27-23/h8-9,11-12,21-23,25H,3-7,10,13-20H2,1-2H3/b9-8-,12-11-/t21-,22-,23-/m0/s1. The summed E-state index contributed by atoms with van der Waals surface area (Å²) < 4.78 is 5.13. The number of carbonyl (C=O) groups is 1. The first-order valence-corrected chi connectivity index (χ1v) is 11.4. The second-order valence-electron chi connectivity index (χ2n) is 7.90. The summed E-state index contributed by atoms with van der Waals surface area (Å²) in [7, 11) is 0. The van der Waals surface area contributed by atoms with E-state index in [2.05, 4.69) is 31.2 Å². The Bertz CT molecular complexity index is 427. The molecule has 1 rings (SSSR count). The van der Waals surface area contributed by atoms with Crippen molar-refractivity contribution in [2.45, 2.75) is 116 Å². The quantitative estimate of drug-likeness (QED) is 0.178. The van der Waals surface area contributed by atoms with Gasteiger partial charge in [-0.1, -0.05) is 76.7 Å². The lowest BCUT2D eigenvalue weighted by atomic mass is 9.89. The number of cyclic esters (lactones) is 1. The molecule has 0 spiro atoms. The van der Waals surface area contributed by atoms with Gasteiger partial charge < -0.3 is 9.84 Å². The molecule has 0 aromatic carbocycles. The van der Waals surface area contributed by atoms with Crippen LogP contribution in [0, 0.1) is 5.92 Å². The van der Waals surface area contributed by atoms with E-state index in [0.717, 1.165) is 25.7 Å². The summed E-state index contributed by atoms with van der Waals surface area (Å²) in [6.07, 6.45) is 24.5. The van der Waals surface area contributed by atoms with E-state index in [9.17, 15) is 9.90 Å². The van der Waals surface area contributed by atoms with E-state index in [1.54, 1.807) is 0 Å². The second-order valence-corrected chi connectivity index (χ2v) is 7.90. The number of unbranched alkanes of at least 4 members (excludes halogenated alkanes) is 8. The summed E-state index contributed by atoms with van der Waals surface area (Å²) in [4.78, 5) is 11.2. The van der Waals surface area contributed by atoms with Crippen LogP contribution in [-0.4, -0.2) is 23.3 Å². The van der Waals surface area contributed by atoms with E-state index in [4.69, 9.17) is 4.74 Å². The molecular formula is C24H42O3. The summed E-state index contributed by atoms with van der Waals surface area (Å²) in [6.45, 7) is 4.25. The molecule has 27 heavy (non-hydrogen) atoms. The molecule has 1 aliphatic heterocycles. The van der Waals surface area contributed by atoms with Crippen LogP contribution in [-0.2, 0) is 9.53 Å². The number of allylic oxidation sites excluding steroid dienone is 4. The zero-order valence-corrected chi connectivity index (χ0v) is 17.7. The van der Waals surface area contributed by atoms with E-state index in [1.807, 2.05) is 6.92 Å². The van der Waals surface area contributed by atoms with E-state index < -0.39 is 0 Å². The normalized spacial score (nSPS) is 20.9. The van der Waals surface area contributed by atoms with Crippen LogP contribution in [0.5, 0.6) is 0 Å². The smallest absolute Gasteiger partial charge is 0.313 e. The molecule has 1 heterocycles. The van der Waals surface area contributed by atoms with Crippen LogP contribution in [0.3, 0.4) is 0 Å². The van der Waals surface area contributed by atoms with Crippen LogP contribution in [0.25, 0.3) is 0 Å². The minimum absolute atomic E-state index is 0.0178. The van der Waals surface area contributed by atoms with E-state index in [0.29, 0.717) is 6.42 Å². The van der Waals surface area contributed by atoms with Gasteiger partial charge >= 0.3 is 5.97 Å². The average Bonchev–Trinajstić information content (AvgIpc) is 2.64. The number of hydrogen-bond acceptors (Lipinski definition) is 3. The van der Waals surface area contributed by atoms with Crippen molar-refractivity contribution in [1.29, 1.82) is 0 Å². The lowest BCUT2D eigenvalue weighted by Crippen LogP contribution is -2.46. The highest BCUT2D eigenvalue weighted by molar-refractivity contribution is 5.78. The molecule has 0 amide bonds. The first kappa shape index (κ1) is 23.9. The summed E-state index contributed by atoms with van der Waals surface area (Å²) in [5, 5.41) is 10.1. The summed E-state index contributed by atoms with van der Waals surface area (Å²) in [5.41, 5.74) is 0. The Hall–Kier alpha value is -1.09. The second kappa shape index (κ2) is 15.9. The van der Waals surface area contributed by atoms with Crippen LogP contribution in [0.15, 0.2) is 24.3 Å². The molecule has 0 bridgehead atoms. The van der Waals surface area contributed by atoms with Gasteiger partial charge in [-0.05, 0) is 44.9 Å². The Kier molecular flexibility index (Phi) is 14.1. The van der Waals surface area contributed by atoms with Gasteiger partial charge in [-0.2, -0.15) is 0 Å². The zero-order valence-electron chi connectivity index (χ0n) is 17.7. The number of esters is 1. The molecule has 0 aromatic heterocycles. The molecule has 1 saturated heterocycles. The average molecular weight is 379 g/mol. The third-order valence-electron chi connectivity index (χ3n) is 5.45. The van der Waals surface area contributed by atoms with Gasteiger partial charge in [0.15, 0.2) is 0 Å². The number of carbonyl (C=O) groups excluding carboxylic acids is 1. The maximum atomic E-state index is 11.2. The number of rotatable bonds is 17. The molecule has 1 N–H and O–H groups in total. The van der Waals surface area contributed by atoms with Gasteiger partial charge in [0, 0.05) is 6.42 Å². The predicted molar refractivity (Wildman–Crippen MR) is 114 cm³/mol. The zero-order chi connectivity index (χ0) is 19.7. The fraction of sp³-hybridized carbons (Fsp3) is 0.792. The molecule has 156 valence electrons. The van der Waals surface area contributed by atoms with Crippen LogP contribution in [0.2, 0.25) is 0 Å². The van der Waals surface area contributed by atoms with Crippen molar-refractivity contribution in [3.8, 4) is 0 Å². The van der Waals surface area contributed by atoms with Crippen molar-refractivity contribution in [1.82, 2.24) is 0 Å². The van der Waals surface area contributed by atoms with Crippen molar-refractivity contribution in [3.63, 3.8) is 0 Å². The van der Waals surface area contributed by atoms with Crippen LogP contribution < -0.4 is 0 Å². The lowest BCUT2D eigenvalue weighted by molar-refractivity contribution is -0.188. The van der Waals surface area contributed by atoms with E-state index in [-0.39, 0.29) is 24.1 Å². The highest BCUT2D eigenvalue weighted by Gasteiger charge is 2.41. The number of ether oxygens (including phenoxy) is 1. The topological polar surface area (TPSA) is 46.5 Å². The van der Waals surface area contributed by atoms with E-state index >= 15 is 0 Å². The maximum Gasteiger partial charge on any atom is 0.313 e.